The molecule has 1 amide bonds. The molecule has 2 N–H and O–H groups in total. The number of nitrogens with one attached hydrogen (secondary N) is 1. The van der Waals surface area contributed by atoms with Crippen LogP contribution in [0.3, 0.4) is 0 Å². The summed E-state index contributed by atoms with van der Waals surface area (Å²) in [6.07, 6.45) is -1.48. The minimum atomic E-state index is -0.798. The third kappa shape index (κ3) is 4.16. The number of hydrogen-bond acceptors (Lipinski definition) is 4. The number of methoxy groups -OCH3 is 1. The number of hydrogen-bond donors (Lipinski definition) is 2. The van der Waals surface area contributed by atoms with Gasteiger partial charge >= 0.3 is 6.09 Å². The smallest absolute Gasteiger partial charge is 0.427 e. The fraction of sp³-hybridized carbons (Fsp3) is 0.273. The lowest BCUT2D eigenvalue weighted by Crippen LogP contribution is -2.25. The number of hydrazone groups is 1. The summed E-state index contributed by atoms with van der Waals surface area (Å²) in [7, 11) is 1.24. The molecule has 0 spiro atoms. The Morgan fingerprint density at radius 1 is 1.47 bits per heavy atom. The average Bonchev–Trinajstić information content (AvgIpc) is 2.31. The molecule has 0 fully saturated rings. The highest BCUT2D eigenvalue weighted by Crippen LogP contribution is 2.12. The molecule has 0 bridgehead atoms. The van der Waals surface area contributed by atoms with Crippen LogP contribution >= 0.6 is 15.9 Å². The van der Waals surface area contributed by atoms with Gasteiger partial charge in [0, 0.05) is 10.0 Å². The van der Waals surface area contributed by atoms with Crippen molar-refractivity contribution in [3.8, 4) is 0 Å². The molecular weight excluding hydrogens is 288 g/mol. The van der Waals surface area contributed by atoms with E-state index in [9.17, 15) is 9.90 Å². The van der Waals surface area contributed by atoms with Crippen LogP contribution in [0.1, 0.15) is 12.5 Å². The third-order valence-corrected chi connectivity index (χ3v) is 2.52. The van der Waals surface area contributed by atoms with E-state index < -0.39 is 12.2 Å². The van der Waals surface area contributed by atoms with Gasteiger partial charge in [-0.1, -0.05) is 28.1 Å². The Balaban J connectivity index is 2.93. The second-order valence-electron chi connectivity index (χ2n) is 3.28. The molecule has 1 rings (SSSR count). The number of carbonyl (C=O) groups excluding carboxylic acids is 1. The van der Waals surface area contributed by atoms with Gasteiger partial charge in [0.2, 0.25) is 0 Å². The Hall–Kier alpha value is -1.40. The zero-order valence-corrected chi connectivity index (χ0v) is 11.1. The predicted octanol–water partition coefficient (Wildman–Crippen LogP) is 1.89. The number of rotatable bonds is 3. The van der Waals surface area contributed by atoms with Crippen molar-refractivity contribution in [3.63, 3.8) is 0 Å². The summed E-state index contributed by atoms with van der Waals surface area (Å²) < 4.78 is 5.31. The van der Waals surface area contributed by atoms with E-state index in [-0.39, 0.29) is 0 Å². The number of aliphatic hydroxyl groups excluding tert-OH is 1. The maximum Gasteiger partial charge on any atom is 0.427 e. The molecule has 0 saturated carbocycles. The number of aliphatic hydroxyl groups is 1. The van der Waals surface area contributed by atoms with E-state index in [0.717, 1.165) is 10.0 Å². The van der Waals surface area contributed by atoms with Crippen LogP contribution in [0, 0.1) is 0 Å². The van der Waals surface area contributed by atoms with Crippen molar-refractivity contribution in [1.82, 2.24) is 5.43 Å². The van der Waals surface area contributed by atoms with Crippen LogP contribution in [0.25, 0.3) is 0 Å². The molecule has 0 aromatic heterocycles. The largest absolute Gasteiger partial charge is 0.452 e. The molecular formula is C11H13BrN2O3. The van der Waals surface area contributed by atoms with Crippen molar-refractivity contribution in [3.05, 3.63) is 34.3 Å². The standard InChI is InChI=1S/C11H13BrN2O3/c1-7(15)10(13-14-11(16)17-2)8-3-5-9(12)6-4-8/h3-7,15H,1-2H3,(H,14,16)/t7-/m1/s1. The number of halogens is 1. The van der Waals surface area contributed by atoms with Crippen LogP contribution in [-0.4, -0.2) is 30.1 Å². The highest BCUT2D eigenvalue weighted by molar-refractivity contribution is 9.10. The molecule has 0 unspecified atom stereocenters. The molecule has 0 aliphatic rings. The van der Waals surface area contributed by atoms with Crippen LogP contribution in [0.4, 0.5) is 4.79 Å². The Labute approximate surface area is 108 Å². The lowest BCUT2D eigenvalue weighted by molar-refractivity contribution is 0.171. The fourth-order valence-corrected chi connectivity index (χ4v) is 1.44. The molecule has 0 saturated heterocycles. The van der Waals surface area contributed by atoms with Crippen LogP contribution in [0.2, 0.25) is 0 Å². The Bertz CT molecular complexity index is 415. The molecule has 1 atom stereocenters. The quantitative estimate of drug-likeness (QED) is 0.661. The monoisotopic (exact) mass is 300 g/mol. The van der Waals surface area contributed by atoms with Crippen molar-refractivity contribution in [2.45, 2.75) is 13.0 Å². The minimum absolute atomic E-state index is 0.364. The maximum atomic E-state index is 10.9. The molecule has 92 valence electrons. The third-order valence-electron chi connectivity index (χ3n) is 1.99. The SMILES string of the molecule is COC(=O)NN=C(c1ccc(Br)cc1)[C@@H](C)O. The van der Waals surface area contributed by atoms with Crippen molar-refractivity contribution < 1.29 is 14.6 Å². The van der Waals surface area contributed by atoms with Crippen LogP contribution < -0.4 is 5.43 Å². The van der Waals surface area contributed by atoms with E-state index in [1.165, 1.54) is 7.11 Å². The number of ether oxygens (including phenoxy) is 1. The molecule has 17 heavy (non-hydrogen) atoms. The molecule has 0 radical (unpaired) electrons. The topological polar surface area (TPSA) is 70.9 Å². The summed E-state index contributed by atoms with van der Waals surface area (Å²) in [6.45, 7) is 1.57. The number of nitrogens with zero attached hydrogens (tertiary/aromatic N) is 1. The van der Waals surface area contributed by atoms with Gasteiger partial charge in [-0.25, -0.2) is 10.2 Å². The van der Waals surface area contributed by atoms with Gasteiger partial charge in [0.25, 0.3) is 0 Å². The van der Waals surface area contributed by atoms with Gasteiger partial charge in [0.15, 0.2) is 0 Å². The maximum absolute atomic E-state index is 10.9. The van der Waals surface area contributed by atoms with E-state index in [4.69, 9.17) is 0 Å². The van der Waals surface area contributed by atoms with Gasteiger partial charge in [-0.05, 0) is 19.1 Å². The Morgan fingerprint density at radius 2 is 2.06 bits per heavy atom. The summed E-state index contributed by atoms with van der Waals surface area (Å²) in [6, 6.07) is 7.22. The lowest BCUT2D eigenvalue weighted by atomic mass is 10.1. The Morgan fingerprint density at radius 3 is 2.53 bits per heavy atom. The summed E-state index contributed by atoms with van der Waals surface area (Å²) in [5.41, 5.74) is 3.27. The minimum Gasteiger partial charge on any atom is -0.452 e. The average molecular weight is 301 g/mol. The lowest BCUT2D eigenvalue weighted by Gasteiger charge is -2.09. The van der Waals surface area contributed by atoms with Crippen molar-refractivity contribution in [2.24, 2.45) is 5.10 Å². The second kappa shape index (κ2) is 6.36. The van der Waals surface area contributed by atoms with E-state index in [0.29, 0.717) is 5.71 Å². The molecule has 1 aromatic rings. The van der Waals surface area contributed by atoms with Crippen LogP contribution in [0.15, 0.2) is 33.8 Å². The van der Waals surface area contributed by atoms with Crippen molar-refractivity contribution in [1.29, 1.82) is 0 Å². The van der Waals surface area contributed by atoms with Gasteiger partial charge in [0.1, 0.15) is 0 Å². The zero-order chi connectivity index (χ0) is 12.8. The first-order chi connectivity index (χ1) is 8.04. The van der Waals surface area contributed by atoms with Gasteiger partial charge in [-0.15, -0.1) is 0 Å². The highest BCUT2D eigenvalue weighted by Gasteiger charge is 2.11. The summed E-state index contributed by atoms with van der Waals surface area (Å²) in [5, 5.41) is 13.4. The fourth-order valence-electron chi connectivity index (χ4n) is 1.17. The van der Waals surface area contributed by atoms with E-state index in [1.807, 2.05) is 12.1 Å². The van der Waals surface area contributed by atoms with E-state index in [2.05, 4.69) is 31.2 Å². The first-order valence-electron chi connectivity index (χ1n) is 4.90. The number of amides is 1. The molecule has 0 aliphatic carbocycles. The van der Waals surface area contributed by atoms with Crippen LogP contribution in [0.5, 0.6) is 0 Å². The molecule has 0 aliphatic heterocycles. The molecule has 0 heterocycles. The van der Waals surface area contributed by atoms with Gasteiger partial charge in [0.05, 0.1) is 18.9 Å². The zero-order valence-electron chi connectivity index (χ0n) is 9.48. The van der Waals surface area contributed by atoms with Gasteiger partial charge in [-0.3, -0.25) is 0 Å². The van der Waals surface area contributed by atoms with E-state index >= 15 is 0 Å². The van der Waals surface area contributed by atoms with Crippen molar-refractivity contribution in [2.75, 3.05) is 7.11 Å². The predicted molar refractivity (Wildman–Crippen MR) is 67.9 cm³/mol. The van der Waals surface area contributed by atoms with Crippen LogP contribution in [-0.2, 0) is 4.74 Å². The van der Waals surface area contributed by atoms with Gasteiger partial charge in [-0.2, -0.15) is 5.10 Å². The normalized spacial score (nSPS) is 13.1. The molecule has 6 heteroatoms. The van der Waals surface area contributed by atoms with Crippen molar-refractivity contribution >= 4 is 27.7 Å². The second-order valence-corrected chi connectivity index (χ2v) is 4.20. The van der Waals surface area contributed by atoms with E-state index in [1.54, 1.807) is 19.1 Å². The summed E-state index contributed by atoms with van der Waals surface area (Å²) in [4.78, 5) is 10.9. The number of carbonyl (C=O) groups is 1. The first kappa shape index (κ1) is 13.7. The Kier molecular flexibility index (Phi) is 5.11. The number of benzene rings is 1. The van der Waals surface area contributed by atoms with Gasteiger partial charge < -0.3 is 9.84 Å². The molecule has 5 nitrogen and oxygen atoms in total. The summed E-state index contributed by atoms with van der Waals surface area (Å²) in [5.74, 6) is 0. The molecule has 1 aromatic carbocycles. The summed E-state index contributed by atoms with van der Waals surface area (Å²) >= 11 is 3.31. The first-order valence-corrected chi connectivity index (χ1v) is 5.69. The highest BCUT2D eigenvalue weighted by atomic mass is 79.9.